The van der Waals surface area contributed by atoms with Gasteiger partial charge in [-0.15, -0.1) is 0 Å². The molecule has 2 rings (SSSR count). The number of hydrogen-bond donors (Lipinski definition) is 2. The zero-order valence-corrected chi connectivity index (χ0v) is 13.5. The molecule has 7 heteroatoms. The van der Waals surface area contributed by atoms with E-state index in [9.17, 15) is 19.5 Å². The molecule has 0 spiro atoms. The monoisotopic (exact) mass is 326 g/mol. The average molecular weight is 326 g/mol. The normalized spacial score (nSPS) is 24.4. The molecule has 0 saturated carbocycles. The third kappa shape index (κ3) is 5.49. The molecule has 2 saturated heterocycles. The standard InChI is InChI=1S/C16H26N2O5/c19-13(10-18-8-4-2-1-3-7-14(18)20)17-15(16(21)22)12-6-5-9-23-11-12/h12,15H,1-11H2,(H,17,19)(H,21,22). The molecule has 0 aromatic heterocycles. The van der Waals surface area contributed by atoms with E-state index in [2.05, 4.69) is 5.32 Å². The van der Waals surface area contributed by atoms with E-state index in [1.165, 1.54) is 0 Å². The molecule has 7 nitrogen and oxygen atoms in total. The van der Waals surface area contributed by atoms with Gasteiger partial charge >= 0.3 is 5.97 Å². The molecule has 2 atom stereocenters. The highest BCUT2D eigenvalue weighted by atomic mass is 16.5. The number of rotatable bonds is 5. The van der Waals surface area contributed by atoms with E-state index in [-0.39, 0.29) is 18.4 Å². The van der Waals surface area contributed by atoms with Crippen molar-refractivity contribution in [3.63, 3.8) is 0 Å². The SMILES string of the molecule is O=C(CN1CCCCCCC1=O)NC(C(=O)O)C1CCCOC1. The van der Waals surface area contributed by atoms with Crippen LogP contribution in [0.5, 0.6) is 0 Å². The van der Waals surface area contributed by atoms with Gasteiger partial charge in [0.05, 0.1) is 13.2 Å². The largest absolute Gasteiger partial charge is 0.480 e. The maximum atomic E-state index is 12.2. The van der Waals surface area contributed by atoms with Gasteiger partial charge in [0.15, 0.2) is 0 Å². The molecule has 0 bridgehead atoms. The lowest BCUT2D eigenvalue weighted by molar-refractivity contribution is -0.145. The number of carboxylic acids is 1. The van der Waals surface area contributed by atoms with Gasteiger partial charge in [-0.25, -0.2) is 4.79 Å². The minimum absolute atomic E-state index is 0.0206. The first-order chi connectivity index (χ1) is 11.1. The summed E-state index contributed by atoms with van der Waals surface area (Å²) in [5.41, 5.74) is 0. The van der Waals surface area contributed by atoms with Gasteiger partial charge in [-0.3, -0.25) is 9.59 Å². The van der Waals surface area contributed by atoms with Crippen molar-refractivity contribution in [1.29, 1.82) is 0 Å². The van der Waals surface area contributed by atoms with Crippen LogP contribution in [0.4, 0.5) is 0 Å². The number of carbonyl (C=O) groups is 3. The second-order valence-electron chi connectivity index (χ2n) is 6.34. The molecule has 2 amide bonds. The fraction of sp³-hybridized carbons (Fsp3) is 0.812. The molecule has 130 valence electrons. The van der Waals surface area contributed by atoms with Crippen LogP contribution >= 0.6 is 0 Å². The van der Waals surface area contributed by atoms with E-state index in [4.69, 9.17) is 4.74 Å². The highest BCUT2D eigenvalue weighted by molar-refractivity contribution is 5.88. The molecular weight excluding hydrogens is 300 g/mol. The predicted octanol–water partition coefficient (Wildman–Crippen LogP) is 0.775. The molecule has 0 aliphatic carbocycles. The third-order valence-electron chi connectivity index (χ3n) is 4.51. The Kier molecular flexibility index (Phi) is 6.83. The van der Waals surface area contributed by atoms with E-state index in [0.717, 1.165) is 38.5 Å². The quantitative estimate of drug-likeness (QED) is 0.778. The van der Waals surface area contributed by atoms with Crippen molar-refractivity contribution < 1.29 is 24.2 Å². The van der Waals surface area contributed by atoms with Crippen LogP contribution in [-0.4, -0.2) is 60.1 Å². The van der Waals surface area contributed by atoms with E-state index in [1.807, 2.05) is 0 Å². The molecule has 2 aliphatic rings. The summed E-state index contributed by atoms with van der Waals surface area (Å²) in [7, 11) is 0. The van der Waals surface area contributed by atoms with Crippen molar-refractivity contribution in [2.45, 2.75) is 51.0 Å². The molecule has 0 radical (unpaired) electrons. The van der Waals surface area contributed by atoms with Gasteiger partial charge in [0.1, 0.15) is 6.04 Å². The van der Waals surface area contributed by atoms with Crippen molar-refractivity contribution >= 4 is 17.8 Å². The number of amides is 2. The molecule has 2 N–H and O–H groups in total. The lowest BCUT2D eigenvalue weighted by Crippen LogP contribution is -2.51. The summed E-state index contributed by atoms with van der Waals surface area (Å²) >= 11 is 0. The van der Waals surface area contributed by atoms with Crippen molar-refractivity contribution in [3.05, 3.63) is 0 Å². The number of carbonyl (C=O) groups excluding carboxylic acids is 2. The van der Waals surface area contributed by atoms with E-state index in [0.29, 0.717) is 26.2 Å². The van der Waals surface area contributed by atoms with Crippen LogP contribution in [0.1, 0.15) is 44.9 Å². The zero-order chi connectivity index (χ0) is 16.7. The van der Waals surface area contributed by atoms with Crippen LogP contribution in [0.25, 0.3) is 0 Å². The summed E-state index contributed by atoms with van der Waals surface area (Å²) in [5, 5.41) is 11.9. The third-order valence-corrected chi connectivity index (χ3v) is 4.51. The first-order valence-corrected chi connectivity index (χ1v) is 8.45. The Balaban J connectivity index is 1.89. The Morgan fingerprint density at radius 2 is 2.04 bits per heavy atom. The fourth-order valence-corrected chi connectivity index (χ4v) is 3.18. The Morgan fingerprint density at radius 3 is 2.74 bits per heavy atom. The molecular formula is C16H26N2O5. The van der Waals surface area contributed by atoms with E-state index < -0.39 is 17.9 Å². The lowest BCUT2D eigenvalue weighted by atomic mass is 9.93. The molecule has 2 aliphatic heterocycles. The number of nitrogens with one attached hydrogen (secondary N) is 1. The van der Waals surface area contributed by atoms with Gasteiger partial charge in [-0.2, -0.15) is 0 Å². The molecule has 2 unspecified atom stereocenters. The fourth-order valence-electron chi connectivity index (χ4n) is 3.18. The number of likely N-dealkylation sites (tertiary alicyclic amines) is 1. The maximum absolute atomic E-state index is 12.2. The first kappa shape index (κ1) is 17.7. The van der Waals surface area contributed by atoms with Crippen LogP contribution in [0, 0.1) is 5.92 Å². The number of hydrogen-bond acceptors (Lipinski definition) is 4. The van der Waals surface area contributed by atoms with Crippen LogP contribution in [0.2, 0.25) is 0 Å². The maximum Gasteiger partial charge on any atom is 0.326 e. The highest BCUT2D eigenvalue weighted by Crippen LogP contribution is 2.18. The van der Waals surface area contributed by atoms with Crippen molar-refractivity contribution in [2.24, 2.45) is 5.92 Å². The summed E-state index contributed by atoms with van der Waals surface area (Å²) in [6, 6.07) is -0.951. The van der Waals surface area contributed by atoms with Gasteiger partial charge in [0.2, 0.25) is 11.8 Å². The van der Waals surface area contributed by atoms with E-state index in [1.54, 1.807) is 4.90 Å². The number of aliphatic carboxylic acids is 1. The second kappa shape index (κ2) is 8.86. The van der Waals surface area contributed by atoms with Gasteiger partial charge < -0.3 is 20.1 Å². The zero-order valence-electron chi connectivity index (χ0n) is 13.5. The Hall–Kier alpha value is -1.63. The summed E-state index contributed by atoms with van der Waals surface area (Å²) in [4.78, 5) is 37.2. The van der Waals surface area contributed by atoms with Crippen molar-refractivity contribution in [2.75, 3.05) is 26.3 Å². The van der Waals surface area contributed by atoms with Crippen LogP contribution in [0.3, 0.4) is 0 Å². The Morgan fingerprint density at radius 1 is 1.26 bits per heavy atom. The van der Waals surface area contributed by atoms with Gasteiger partial charge in [0.25, 0.3) is 0 Å². The summed E-state index contributed by atoms with van der Waals surface area (Å²) < 4.78 is 5.31. The van der Waals surface area contributed by atoms with E-state index >= 15 is 0 Å². The predicted molar refractivity (Wildman–Crippen MR) is 82.8 cm³/mol. The number of carboxylic acid groups (broad SMARTS) is 1. The number of nitrogens with zero attached hydrogens (tertiary/aromatic N) is 1. The lowest BCUT2D eigenvalue weighted by Gasteiger charge is -2.29. The van der Waals surface area contributed by atoms with Gasteiger partial charge in [-0.1, -0.05) is 12.8 Å². The minimum atomic E-state index is -1.05. The minimum Gasteiger partial charge on any atom is -0.480 e. The van der Waals surface area contributed by atoms with Crippen LogP contribution in [0.15, 0.2) is 0 Å². The Bertz CT molecular complexity index is 434. The second-order valence-corrected chi connectivity index (χ2v) is 6.34. The molecule has 23 heavy (non-hydrogen) atoms. The molecule has 0 aromatic carbocycles. The van der Waals surface area contributed by atoms with Gasteiger partial charge in [-0.05, 0) is 25.7 Å². The summed E-state index contributed by atoms with van der Waals surface area (Å²) in [5.74, 6) is -1.69. The molecule has 2 heterocycles. The number of ether oxygens (including phenoxy) is 1. The topological polar surface area (TPSA) is 95.9 Å². The smallest absolute Gasteiger partial charge is 0.326 e. The summed E-state index contributed by atoms with van der Waals surface area (Å²) in [6.45, 7) is 1.49. The molecule has 2 fully saturated rings. The van der Waals surface area contributed by atoms with Crippen LogP contribution in [-0.2, 0) is 19.1 Å². The van der Waals surface area contributed by atoms with Crippen molar-refractivity contribution in [1.82, 2.24) is 10.2 Å². The van der Waals surface area contributed by atoms with Crippen LogP contribution < -0.4 is 5.32 Å². The highest BCUT2D eigenvalue weighted by Gasteiger charge is 2.32. The average Bonchev–Trinajstić information content (AvgIpc) is 2.53. The van der Waals surface area contributed by atoms with Gasteiger partial charge in [0, 0.05) is 25.5 Å². The first-order valence-electron chi connectivity index (χ1n) is 8.45. The Labute approximate surface area is 136 Å². The summed E-state index contributed by atoms with van der Waals surface area (Å²) in [6.07, 6.45) is 5.84. The molecule has 0 aromatic rings. The van der Waals surface area contributed by atoms with Crippen molar-refractivity contribution in [3.8, 4) is 0 Å².